The highest BCUT2D eigenvalue weighted by atomic mass is 32.1. The van der Waals surface area contributed by atoms with Gasteiger partial charge in [-0.3, -0.25) is 0 Å². The lowest BCUT2D eigenvalue weighted by molar-refractivity contribution is 0.145. The molecule has 1 N–H and O–H groups in total. The molecule has 1 aromatic heterocycles. The lowest BCUT2D eigenvalue weighted by atomic mass is 10.4. The van der Waals surface area contributed by atoms with Crippen molar-refractivity contribution in [3.63, 3.8) is 0 Å². The van der Waals surface area contributed by atoms with E-state index in [1.165, 1.54) is 11.3 Å². The number of rotatable bonds is 1. The topological polar surface area (TPSA) is 46.5 Å². The van der Waals surface area contributed by atoms with Crippen molar-refractivity contribution in [2.24, 2.45) is 0 Å². The second-order valence-electron chi connectivity index (χ2n) is 1.76. The zero-order chi connectivity index (χ0) is 7.56. The van der Waals surface area contributed by atoms with Gasteiger partial charge in [-0.25, -0.2) is 4.79 Å². The predicted octanol–water partition coefficient (Wildman–Crippen LogP) is 2.11. The molecule has 0 bridgehead atoms. The van der Waals surface area contributed by atoms with Crippen molar-refractivity contribution in [3.05, 3.63) is 17.0 Å². The van der Waals surface area contributed by atoms with Crippen LogP contribution in [0.25, 0.3) is 0 Å². The summed E-state index contributed by atoms with van der Waals surface area (Å²) in [6, 6.07) is 1.81. The van der Waals surface area contributed by atoms with Crippen LogP contribution < -0.4 is 4.74 Å². The standard InChI is InChI=1S/C6H6O3S/c1-4-2-3-10-5(4)9-6(7)8/h2-3H,1H3,(H,7,8). The summed E-state index contributed by atoms with van der Waals surface area (Å²) >= 11 is 1.27. The Labute approximate surface area is 61.9 Å². The van der Waals surface area contributed by atoms with E-state index in [1.807, 2.05) is 6.07 Å². The average molecular weight is 158 g/mol. The largest absolute Gasteiger partial charge is 0.512 e. The molecule has 4 heteroatoms. The highest BCUT2D eigenvalue weighted by Gasteiger charge is 2.04. The second-order valence-corrected chi connectivity index (χ2v) is 2.64. The molecule has 3 nitrogen and oxygen atoms in total. The molecule has 0 aliphatic rings. The number of aryl methyl sites for hydroxylation is 1. The Morgan fingerprint density at radius 2 is 2.50 bits per heavy atom. The van der Waals surface area contributed by atoms with Crippen LogP contribution >= 0.6 is 11.3 Å². The van der Waals surface area contributed by atoms with Crippen molar-refractivity contribution in [1.82, 2.24) is 0 Å². The first-order valence-electron chi connectivity index (χ1n) is 2.65. The number of thiophene rings is 1. The van der Waals surface area contributed by atoms with E-state index in [9.17, 15) is 4.79 Å². The third-order valence-electron chi connectivity index (χ3n) is 0.995. The van der Waals surface area contributed by atoms with Crippen LogP contribution in [0.5, 0.6) is 5.06 Å². The van der Waals surface area contributed by atoms with Crippen LogP contribution in [0.15, 0.2) is 11.4 Å². The summed E-state index contributed by atoms with van der Waals surface area (Å²) in [7, 11) is 0. The Morgan fingerprint density at radius 3 is 2.90 bits per heavy atom. The Morgan fingerprint density at radius 1 is 1.80 bits per heavy atom. The molecule has 1 heterocycles. The third kappa shape index (κ3) is 1.48. The third-order valence-corrected chi connectivity index (χ3v) is 1.89. The summed E-state index contributed by atoms with van der Waals surface area (Å²) in [6.45, 7) is 1.80. The van der Waals surface area contributed by atoms with Crippen LogP contribution in [0, 0.1) is 6.92 Å². The summed E-state index contributed by atoms with van der Waals surface area (Å²) in [5, 5.41) is 10.4. The fourth-order valence-electron chi connectivity index (χ4n) is 0.543. The van der Waals surface area contributed by atoms with E-state index >= 15 is 0 Å². The fraction of sp³-hybridized carbons (Fsp3) is 0.167. The summed E-state index contributed by atoms with van der Waals surface area (Å²) in [4.78, 5) is 10.0. The number of hydrogen-bond acceptors (Lipinski definition) is 3. The molecule has 0 spiro atoms. The highest BCUT2D eigenvalue weighted by molar-refractivity contribution is 7.12. The van der Waals surface area contributed by atoms with Crippen molar-refractivity contribution in [2.45, 2.75) is 6.92 Å². The Kier molecular flexibility index (Phi) is 1.91. The number of ether oxygens (including phenoxy) is 1. The molecular formula is C6H6O3S. The van der Waals surface area contributed by atoms with Crippen molar-refractivity contribution >= 4 is 17.5 Å². The molecule has 10 heavy (non-hydrogen) atoms. The summed E-state index contributed by atoms with van der Waals surface area (Å²) < 4.78 is 4.42. The van der Waals surface area contributed by atoms with Crippen LogP contribution in [-0.2, 0) is 0 Å². The minimum Gasteiger partial charge on any atom is -0.449 e. The zero-order valence-electron chi connectivity index (χ0n) is 5.33. The minimum absolute atomic E-state index is 0.451. The molecule has 0 aliphatic heterocycles. The Bertz CT molecular complexity index is 241. The Balaban J connectivity index is 2.74. The quantitative estimate of drug-likeness (QED) is 0.637. The monoisotopic (exact) mass is 158 g/mol. The maximum Gasteiger partial charge on any atom is 0.512 e. The van der Waals surface area contributed by atoms with E-state index in [2.05, 4.69) is 4.74 Å². The van der Waals surface area contributed by atoms with Gasteiger partial charge in [-0.1, -0.05) is 0 Å². The van der Waals surface area contributed by atoms with E-state index < -0.39 is 6.16 Å². The maximum absolute atomic E-state index is 10.0. The average Bonchev–Trinajstić information content (AvgIpc) is 2.15. The molecule has 0 atom stereocenters. The van der Waals surface area contributed by atoms with Crippen LogP contribution in [0.3, 0.4) is 0 Å². The van der Waals surface area contributed by atoms with Gasteiger partial charge >= 0.3 is 6.16 Å². The Hall–Kier alpha value is -1.03. The molecule has 0 fully saturated rings. The van der Waals surface area contributed by atoms with Crippen molar-refractivity contribution < 1.29 is 14.6 Å². The van der Waals surface area contributed by atoms with Gasteiger partial charge in [-0.15, -0.1) is 11.3 Å². The molecule has 0 aromatic carbocycles. The predicted molar refractivity (Wildman–Crippen MR) is 37.7 cm³/mol. The van der Waals surface area contributed by atoms with Gasteiger partial charge in [-0.05, 0) is 18.4 Å². The van der Waals surface area contributed by atoms with Crippen molar-refractivity contribution in [3.8, 4) is 5.06 Å². The molecule has 1 aromatic rings. The number of carboxylic acid groups (broad SMARTS) is 1. The first-order chi connectivity index (χ1) is 4.70. The molecule has 0 radical (unpaired) electrons. The zero-order valence-corrected chi connectivity index (χ0v) is 6.14. The van der Waals surface area contributed by atoms with Crippen LogP contribution in [-0.4, -0.2) is 11.3 Å². The molecular weight excluding hydrogens is 152 g/mol. The van der Waals surface area contributed by atoms with Crippen molar-refractivity contribution in [1.29, 1.82) is 0 Å². The molecule has 0 unspecified atom stereocenters. The van der Waals surface area contributed by atoms with Gasteiger partial charge in [0.15, 0.2) is 5.06 Å². The molecule has 0 amide bonds. The first kappa shape index (κ1) is 7.08. The lowest BCUT2D eigenvalue weighted by Crippen LogP contribution is -2.01. The number of carbonyl (C=O) groups is 1. The molecule has 0 saturated heterocycles. The summed E-state index contributed by atoms with van der Waals surface area (Å²) in [5.41, 5.74) is 0.854. The van der Waals surface area contributed by atoms with E-state index in [0.717, 1.165) is 5.56 Å². The molecule has 0 saturated carbocycles. The smallest absolute Gasteiger partial charge is 0.449 e. The SMILES string of the molecule is Cc1ccsc1OC(=O)O. The normalized spacial score (nSPS) is 9.30. The maximum atomic E-state index is 10.0. The van der Waals surface area contributed by atoms with E-state index in [-0.39, 0.29) is 0 Å². The first-order valence-corrected chi connectivity index (χ1v) is 3.53. The van der Waals surface area contributed by atoms with Gasteiger partial charge in [0.05, 0.1) is 0 Å². The summed E-state index contributed by atoms with van der Waals surface area (Å²) in [6.07, 6.45) is -1.26. The lowest BCUT2D eigenvalue weighted by Gasteiger charge is -1.94. The molecule has 1 rings (SSSR count). The van der Waals surface area contributed by atoms with E-state index in [1.54, 1.807) is 12.3 Å². The van der Waals surface area contributed by atoms with Crippen molar-refractivity contribution in [2.75, 3.05) is 0 Å². The summed E-state index contributed by atoms with van der Waals surface area (Å²) in [5.74, 6) is 0. The van der Waals surface area contributed by atoms with Gasteiger partial charge in [-0.2, -0.15) is 0 Å². The van der Waals surface area contributed by atoms with Gasteiger partial charge in [0.25, 0.3) is 0 Å². The minimum atomic E-state index is -1.26. The van der Waals surface area contributed by atoms with Crippen LogP contribution in [0.2, 0.25) is 0 Å². The van der Waals surface area contributed by atoms with Gasteiger partial charge in [0.1, 0.15) is 0 Å². The van der Waals surface area contributed by atoms with Crippen LogP contribution in [0.4, 0.5) is 4.79 Å². The molecule has 54 valence electrons. The van der Waals surface area contributed by atoms with Crippen LogP contribution in [0.1, 0.15) is 5.56 Å². The van der Waals surface area contributed by atoms with E-state index in [0.29, 0.717) is 5.06 Å². The number of hydrogen-bond donors (Lipinski definition) is 1. The van der Waals surface area contributed by atoms with Gasteiger partial charge in [0.2, 0.25) is 0 Å². The fourth-order valence-corrected chi connectivity index (χ4v) is 1.31. The molecule has 0 aliphatic carbocycles. The van der Waals surface area contributed by atoms with Gasteiger partial charge in [0, 0.05) is 5.56 Å². The highest BCUT2D eigenvalue weighted by Crippen LogP contribution is 2.24. The van der Waals surface area contributed by atoms with Gasteiger partial charge < -0.3 is 9.84 Å². The van der Waals surface area contributed by atoms with E-state index in [4.69, 9.17) is 5.11 Å². The second kappa shape index (κ2) is 2.70.